The Balaban J connectivity index is 1.41. The van der Waals surface area contributed by atoms with E-state index in [9.17, 15) is 4.79 Å². The first-order valence-electron chi connectivity index (χ1n) is 15.8. The second kappa shape index (κ2) is 11.6. The Kier molecular flexibility index (Phi) is 7.56. The topological polar surface area (TPSA) is 115 Å². The van der Waals surface area contributed by atoms with Gasteiger partial charge < -0.3 is 14.2 Å². The largest absolute Gasteiger partial charge is 0.439 e. The molecule has 0 amide bonds. The van der Waals surface area contributed by atoms with Gasteiger partial charge in [0.15, 0.2) is 5.65 Å². The molecule has 1 aliphatic heterocycles. The summed E-state index contributed by atoms with van der Waals surface area (Å²) in [6.45, 7) is 7.62. The average Bonchev–Trinajstić information content (AvgIpc) is 3.62. The monoisotopic (exact) mass is 571 g/mol. The molecule has 0 bridgehead atoms. The quantitative estimate of drug-likeness (QED) is 0.306. The third kappa shape index (κ3) is 5.37. The van der Waals surface area contributed by atoms with Crippen LogP contribution in [0.2, 0.25) is 0 Å². The number of hydrogen-bond acceptors (Lipinski definition) is 8. The summed E-state index contributed by atoms with van der Waals surface area (Å²) in [5.41, 5.74) is 3.94. The minimum atomic E-state index is -0.613. The number of rotatable bonds is 6. The number of anilines is 1. The van der Waals surface area contributed by atoms with E-state index in [1.807, 2.05) is 0 Å². The molecule has 1 aromatic carbocycles. The highest BCUT2D eigenvalue weighted by molar-refractivity contribution is 5.80. The molecule has 3 aromatic heterocycles. The minimum Gasteiger partial charge on any atom is -0.377 e. The van der Waals surface area contributed by atoms with Crippen molar-refractivity contribution in [3.63, 3.8) is 0 Å². The van der Waals surface area contributed by atoms with Gasteiger partial charge in [-0.15, -0.1) is 0 Å². The van der Waals surface area contributed by atoms with Gasteiger partial charge in [-0.05, 0) is 49.0 Å². The lowest BCUT2D eigenvalue weighted by molar-refractivity contribution is 0.0927. The zero-order valence-corrected chi connectivity index (χ0v) is 24.7. The molecular weight excluding hydrogens is 530 g/mol. The SMILES string of the molecule is CC1CCC(Cn2c(N3CCOCC3c3ccccc3)nc3nc(-c4noc(=O)[nH]4)nc(C4CCCC(C)C4)c32)CC1. The molecule has 1 N–H and O–H groups in total. The maximum atomic E-state index is 11.9. The summed E-state index contributed by atoms with van der Waals surface area (Å²) in [6.07, 6.45) is 9.55. The highest BCUT2D eigenvalue weighted by atomic mass is 16.5. The Morgan fingerprint density at radius 1 is 0.976 bits per heavy atom. The zero-order chi connectivity index (χ0) is 28.6. The van der Waals surface area contributed by atoms with Gasteiger partial charge in [0.2, 0.25) is 17.6 Å². The fraction of sp³-hybridized carbons (Fsp3) is 0.594. The highest BCUT2D eigenvalue weighted by Crippen LogP contribution is 2.41. The van der Waals surface area contributed by atoms with Crippen LogP contribution in [0, 0.1) is 17.8 Å². The van der Waals surface area contributed by atoms with E-state index in [-0.39, 0.29) is 11.9 Å². The van der Waals surface area contributed by atoms with Crippen LogP contribution in [0.15, 0.2) is 39.6 Å². The summed E-state index contributed by atoms with van der Waals surface area (Å²) in [7, 11) is 0. The molecule has 3 fully saturated rings. The molecule has 7 rings (SSSR count). The predicted molar refractivity (Wildman–Crippen MR) is 160 cm³/mol. The standard InChI is InChI=1S/C32H41N7O3/c1-20-11-13-22(14-12-20)18-39-27-26(24-10-6-7-21(2)17-24)33-29(30-36-32(40)42-37-30)34-28(27)35-31(39)38-15-16-41-19-25(38)23-8-4-3-5-9-23/h3-5,8-9,20-22,24-25H,6-7,10-19H2,1-2H3,(H,36,37,40). The van der Waals surface area contributed by atoms with Crippen molar-refractivity contribution in [2.75, 3.05) is 24.7 Å². The molecule has 1 saturated heterocycles. The summed E-state index contributed by atoms with van der Waals surface area (Å²) in [6, 6.07) is 10.6. The van der Waals surface area contributed by atoms with E-state index in [0.29, 0.717) is 42.4 Å². The Morgan fingerprint density at radius 3 is 2.57 bits per heavy atom. The van der Waals surface area contributed by atoms with E-state index in [1.54, 1.807) is 0 Å². The van der Waals surface area contributed by atoms with Gasteiger partial charge in [0.25, 0.3) is 0 Å². The first kappa shape index (κ1) is 27.3. The van der Waals surface area contributed by atoms with Crippen LogP contribution in [-0.2, 0) is 11.3 Å². The second-order valence-corrected chi connectivity index (χ2v) is 12.9. The van der Waals surface area contributed by atoms with Gasteiger partial charge in [0.1, 0.15) is 5.52 Å². The van der Waals surface area contributed by atoms with Crippen LogP contribution in [0.3, 0.4) is 0 Å². The Bertz CT molecular complexity index is 1570. The van der Waals surface area contributed by atoms with Gasteiger partial charge in [0, 0.05) is 19.0 Å². The van der Waals surface area contributed by atoms with E-state index in [2.05, 4.69) is 63.8 Å². The molecule has 2 saturated carbocycles. The summed E-state index contributed by atoms with van der Waals surface area (Å²) in [4.78, 5) is 32.3. The highest BCUT2D eigenvalue weighted by Gasteiger charge is 2.34. The van der Waals surface area contributed by atoms with Gasteiger partial charge in [-0.1, -0.05) is 75.0 Å². The van der Waals surface area contributed by atoms with Crippen molar-refractivity contribution in [2.24, 2.45) is 17.8 Å². The predicted octanol–water partition coefficient (Wildman–Crippen LogP) is 5.87. The molecule has 4 aromatic rings. The van der Waals surface area contributed by atoms with Crippen molar-refractivity contribution >= 4 is 17.1 Å². The average molecular weight is 572 g/mol. The van der Waals surface area contributed by atoms with Gasteiger partial charge in [-0.2, -0.15) is 4.98 Å². The third-order valence-electron chi connectivity index (χ3n) is 9.73. The lowest BCUT2D eigenvalue weighted by atomic mass is 9.80. The Morgan fingerprint density at radius 2 is 1.81 bits per heavy atom. The fourth-order valence-corrected chi connectivity index (χ4v) is 7.41. The van der Waals surface area contributed by atoms with Gasteiger partial charge >= 0.3 is 5.76 Å². The number of aromatic amines is 1. The van der Waals surface area contributed by atoms with Gasteiger partial charge in [-0.3, -0.25) is 9.51 Å². The number of imidazole rings is 1. The molecule has 0 spiro atoms. The van der Waals surface area contributed by atoms with Crippen molar-refractivity contribution in [1.82, 2.24) is 29.7 Å². The molecule has 42 heavy (non-hydrogen) atoms. The van der Waals surface area contributed by atoms with Crippen molar-refractivity contribution in [3.05, 3.63) is 52.1 Å². The summed E-state index contributed by atoms with van der Waals surface area (Å²) in [5.74, 6) is 3.23. The van der Waals surface area contributed by atoms with Crippen molar-refractivity contribution in [2.45, 2.75) is 83.7 Å². The molecule has 3 aliphatic rings. The lowest BCUT2D eigenvalue weighted by Crippen LogP contribution is -2.41. The number of hydrogen-bond donors (Lipinski definition) is 1. The summed E-state index contributed by atoms with van der Waals surface area (Å²) >= 11 is 0. The number of fused-ring (bicyclic) bond motifs is 1. The smallest absolute Gasteiger partial charge is 0.377 e. The first-order valence-corrected chi connectivity index (χ1v) is 15.8. The number of ether oxygens (including phenoxy) is 1. The number of nitrogens with one attached hydrogen (secondary N) is 1. The van der Waals surface area contributed by atoms with Crippen molar-refractivity contribution in [1.29, 1.82) is 0 Å². The van der Waals surface area contributed by atoms with E-state index < -0.39 is 5.76 Å². The Labute approximate surface area is 245 Å². The van der Waals surface area contributed by atoms with Crippen LogP contribution in [0.4, 0.5) is 5.95 Å². The minimum absolute atomic E-state index is 0.0550. The van der Waals surface area contributed by atoms with E-state index in [1.165, 1.54) is 44.1 Å². The normalized spacial score (nSPS) is 27.0. The summed E-state index contributed by atoms with van der Waals surface area (Å²) < 4.78 is 13.3. The molecule has 2 aliphatic carbocycles. The second-order valence-electron chi connectivity index (χ2n) is 12.9. The fourth-order valence-electron chi connectivity index (χ4n) is 7.41. The maximum absolute atomic E-state index is 11.9. The lowest BCUT2D eigenvalue weighted by Gasteiger charge is -2.37. The first-order chi connectivity index (χ1) is 20.5. The molecule has 10 nitrogen and oxygen atoms in total. The molecule has 4 heterocycles. The molecule has 3 unspecified atom stereocenters. The number of aromatic nitrogens is 6. The molecule has 3 atom stereocenters. The Hall–Kier alpha value is -3.53. The number of nitrogens with zero attached hydrogens (tertiary/aromatic N) is 6. The molecule has 0 radical (unpaired) electrons. The summed E-state index contributed by atoms with van der Waals surface area (Å²) in [5, 5.41) is 3.94. The zero-order valence-electron chi connectivity index (χ0n) is 24.7. The molecule has 10 heteroatoms. The van der Waals surface area contributed by atoms with Crippen LogP contribution in [0.1, 0.15) is 88.4 Å². The number of benzene rings is 1. The molecular formula is C32H41N7O3. The van der Waals surface area contributed by atoms with Crippen LogP contribution in [0.5, 0.6) is 0 Å². The van der Waals surface area contributed by atoms with Crippen LogP contribution in [-0.4, -0.2) is 49.4 Å². The maximum Gasteiger partial charge on any atom is 0.439 e. The number of H-pyrrole nitrogens is 1. The van der Waals surface area contributed by atoms with Crippen LogP contribution in [0.25, 0.3) is 22.8 Å². The van der Waals surface area contributed by atoms with Crippen molar-refractivity contribution < 1.29 is 9.26 Å². The van der Waals surface area contributed by atoms with Crippen LogP contribution < -0.4 is 10.7 Å². The molecule has 222 valence electrons. The van der Waals surface area contributed by atoms with E-state index in [4.69, 9.17) is 24.2 Å². The van der Waals surface area contributed by atoms with E-state index in [0.717, 1.165) is 49.0 Å². The van der Waals surface area contributed by atoms with E-state index >= 15 is 0 Å². The number of morpholine rings is 1. The van der Waals surface area contributed by atoms with Gasteiger partial charge in [0.05, 0.1) is 24.9 Å². The third-order valence-corrected chi connectivity index (χ3v) is 9.73. The van der Waals surface area contributed by atoms with Crippen LogP contribution >= 0.6 is 0 Å². The van der Waals surface area contributed by atoms with Crippen molar-refractivity contribution in [3.8, 4) is 11.6 Å². The van der Waals surface area contributed by atoms with Gasteiger partial charge in [-0.25, -0.2) is 14.8 Å².